The van der Waals surface area contributed by atoms with Crippen molar-refractivity contribution in [1.82, 2.24) is 20.7 Å². The topological polar surface area (TPSA) is 70.7 Å². The van der Waals surface area contributed by atoms with Gasteiger partial charge in [-0.25, -0.2) is 0 Å². The van der Waals surface area contributed by atoms with E-state index >= 15 is 0 Å². The molecule has 0 saturated heterocycles. The Balaban J connectivity index is 1.99. The number of H-pyrrole nitrogens is 1. The summed E-state index contributed by atoms with van der Waals surface area (Å²) >= 11 is 0. The Morgan fingerprint density at radius 2 is 2.06 bits per heavy atom. The van der Waals surface area contributed by atoms with Crippen molar-refractivity contribution in [3.63, 3.8) is 0 Å². The predicted molar refractivity (Wildman–Crippen MR) is 68.2 cm³/mol. The third kappa shape index (κ3) is 2.74. The number of hydrogen-bond donors (Lipinski definition) is 2. The zero-order valence-corrected chi connectivity index (χ0v) is 10.5. The first-order valence-corrected chi connectivity index (χ1v) is 5.79. The van der Waals surface area contributed by atoms with Gasteiger partial charge in [0.15, 0.2) is 5.69 Å². The average Bonchev–Trinajstić information content (AvgIpc) is 2.91. The van der Waals surface area contributed by atoms with Crippen molar-refractivity contribution >= 4 is 5.91 Å². The molecule has 5 nitrogen and oxygen atoms in total. The molecule has 18 heavy (non-hydrogen) atoms. The van der Waals surface area contributed by atoms with Crippen molar-refractivity contribution in [3.8, 4) is 0 Å². The third-order valence-corrected chi connectivity index (χ3v) is 2.89. The van der Waals surface area contributed by atoms with Crippen LogP contribution in [0.5, 0.6) is 0 Å². The van der Waals surface area contributed by atoms with E-state index in [0.29, 0.717) is 12.2 Å². The Kier molecular flexibility index (Phi) is 3.41. The number of aromatic nitrogens is 3. The standard InChI is InChI=1S/C13H16N4O/c1-13(2,10-6-4-3-5-7-10)9-14-12(18)11-8-15-17-16-11/h3-8H,9H2,1-2H3,(H,14,18)(H,15,16,17). The lowest BCUT2D eigenvalue weighted by atomic mass is 9.84. The van der Waals surface area contributed by atoms with Gasteiger partial charge in [-0.2, -0.15) is 15.4 Å². The smallest absolute Gasteiger partial charge is 0.273 e. The molecular formula is C13H16N4O. The minimum Gasteiger partial charge on any atom is -0.350 e. The maximum atomic E-state index is 11.8. The first kappa shape index (κ1) is 12.3. The Hall–Kier alpha value is -2.17. The summed E-state index contributed by atoms with van der Waals surface area (Å²) in [5.41, 5.74) is 1.37. The highest BCUT2D eigenvalue weighted by atomic mass is 16.1. The Morgan fingerprint density at radius 3 is 2.67 bits per heavy atom. The average molecular weight is 244 g/mol. The maximum Gasteiger partial charge on any atom is 0.273 e. The number of amides is 1. The fourth-order valence-electron chi connectivity index (χ4n) is 1.69. The first-order valence-electron chi connectivity index (χ1n) is 5.79. The van der Waals surface area contributed by atoms with Gasteiger partial charge in [-0.1, -0.05) is 44.2 Å². The van der Waals surface area contributed by atoms with Gasteiger partial charge >= 0.3 is 0 Å². The molecule has 1 heterocycles. The normalized spacial score (nSPS) is 11.2. The Morgan fingerprint density at radius 1 is 1.33 bits per heavy atom. The molecule has 1 amide bonds. The van der Waals surface area contributed by atoms with E-state index in [9.17, 15) is 4.79 Å². The second kappa shape index (κ2) is 5.00. The molecule has 0 aliphatic heterocycles. The van der Waals surface area contributed by atoms with Crippen LogP contribution in [0.3, 0.4) is 0 Å². The minimum atomic E-state index is -0.215. The highest BCUT2D eigenvalue weighted by molar-refractivity contribution is 5.91. The van der Waals surface area contributed by atoms with E-state index in [4.69, 9.17) is 0 Å². The van der Waals surface area contributed by atoms with Crippen LogP contribution in [0, 0.1) is 0 Å². The number of carbonyl (C=O) groups is 1. The summed E-state index contributed by atoms with van der Waals surface area (Å²) < 4.78 is 0. The molecule has 0 aliphatic rings. The van der Waals surface area contributed by atoms with Crippen LogP contribution in [-0.4, -0.2) is 27.9 Å². The van der Waals surface area contributed by atoms with Crippen LogP contribution in [0.4, 0.5) is 0 Å². The summed E-state index contributed by atoms with van der Waals surface area (Å²) in [6.45, 7) is 4.72. The molecule has 0 atom stereocenters. The molecule has 0 spiro atoms. The first-order chi connectivity index (χ1) is 8.59. The molecular weight excluding hydrogens is 228 g/mol. The van der Waals surface area contributed by atoms with E-state index in [-0.39, 0.29) is 11.3 Å². The van der Waals surface area contributed by atoms with Crippen molar-refractivity contribution in [2.24, 2.45) is 0 Å². The van der Waals surface area contributed by atoms with Gasteiger partial charge in [0, 0.05) is 12.0 Å². The van der Waals surface area contributed by atoms with E-state index in [2.05, 4.69) is 46.7 Å². The lowest BCUT2D eigenvalue weighted by Crippen LogP contribution is -2.36. The monoisotopic (exact) mass is 244 g/mol. The number of rotatable bonds is 4. The highest BCUT2D eigenvalue weighted by Crippen LogP contribution is 2.21. The Bertz CT molecular complexity index is 505. The summed E-state index contributed by atoms with van der Waals surface area (Å²) in [4.78, 5) is 11.8. The second-order valence-electron chi connectivity index (χ2n) is 4.79. The van der Waals surface area contributed by atoms with E-state index in [0.717, 1.165) is 0 Å². The van der Waals surface area contributed by atoms with Crippen LogP contribution in [-0.2, 0) is 5.41 Å². The molecule has 0 aliphatic carbocycles. The summed E-state index contributed by atoms with van der Waals surface area (Å²) in [5, 5.41) is 12.6. The summed E-state index contributed by atoms with van der Waals surface area (Å²) in [7, 11) is 0. The molecule has 2 rings (SSSR count). The van der Waals surface area contributed by atoms with Gasteiger partial charge < -0.3 is 5.32 Å². The third-order valence-electron chi connectivity index (χ3n) is 2.89. The van der Waals surface area contributed by atoms with E-state index in [1.165, 1.54) is 11.8 Å². The molecule has 94 valence electrons. The zero-order valence-electron chi connectivity index (χ0n) is 10.5. The largest absolute Gasteiger partial charge is 0.350 e. The molecule has 0 unspecified atom stereocenters. The molecule has 0 fully saturated rings. The fraction of sp³-hybridized carbons (Fsp3) is 0.308. The van der Waals surface area contributed by atoms with Crippen LogP contribution in [0.15, 0.2) is 36.5 Å². The van der Waals surface area contributed by atoms with Crippen LogP contribution >= 0.6 is 0 Å². The number of carbonyl (C=O) groups excluding carboxylic acids is 1. The number of nitrogens with one attached hydrogen (secondary N) is 2. The van der Waals surface area contributed by atoms with Crippen molar-refractivity contribution in [1.29, 1.82) is 0 Å². The number of aromatic amines is 1. The molecule has 5 heteroatoms. The number of hydrogen-bond acceptors (Lipinski definition) is 3. The molecule has 1 aromatic heterocycles. The second-order valence-corrected chi connectivity index (χ2v) is 4.79. The van der Waals surface area contributed by atoms with Crippen LogP contribution < -0.4 is 5.32 Å². The lowest BCUT2D eigenvalue weighted by molar-refractivity contribution is 0.0940. The molecule has 0 radical (unpaired) electrons. The lowest BCUT2D eigenvalue weighted by Gasteiger charge is -2.25. The van der Waals surface area contributed by atoms with Crippen molar-refractivity contribution in [2.45, 2.75) is 19.3 Å². The quantitative estimate of drug-likeness (QED) is 0.856. The summed E-state index contributed by atoms with van der Waals surface area (Å²) in [6, 6.07) is 10.1. The van der Waals surface area contributed by atoms with Crippen molar-refractivity contribution in [2.75, 3.05) is 6.54 Å². The van der Waals surface area contributed by atoms with Crippen molar-refractivity contribution < 1.29 is 4.79 Å². The van der Waals surface area contributed by atoms with Gasteiger partial charge in [-0.05, 0) is 5.56 Å². The molecule has 2 aromatic rings. The molecule has 1 aromatic carbocycles. The molecule has 2 N–H and O–H groups in total. The molecule has 0 bridgehead atoms. The van der Waals surface area contributed by atoms with E-state index in [1.807, 2.05) is 18.2 Å². The van der Waals surface area contributed by atoms with Gasteiger partial charge in [-0.15, -0.1) is 0 Å². The zero-order chi connectivity index (χ0) is 13.0. The van der Waals surface area contributed by atoms with Crippen molar-refractivity contribution in [3.05, 3.63) is 47.8 Å². The van der Waals surface area contributed by atoms with Gasteiger partial charge in [0.05, 0.1) is 6.20 Å². The van der Waals surface area contributed by atoms with Crippen LogP contribution in [0.25, 0.3) is 0 Å². The number of nitrogens with zero attached hydrogens (tertiary/aromatic N) is 2. The van der Waals surface area contributed by atoms with Crippen LogP contribution in [0.1, 0.15) is 29.9 Å². The summed E-state index contributed by atoms with van der Waals surface area (Å²) in [5.74, 6) is -0.215. The van der Waals surface area contributed by atoms with Gasteiger partial charge in [0.25, 0.3) is 5.91 Å². The van der Waals surface area contributed by atoms with Crippen LogP contribution in [0.2, 0.25) is 0 Å². The molecule has 0 saturated carbocycles. The minimum absolute atomic E-state index is 0.124. The maximum absolute atomic E-state index is 11.8. The van der Waals surface area contributed by atoms with Gasteiger partial charge in [0.1, 0.15) is 0 Å². The van der Waals surface area contributed by atoms with Gasteiger partial charge in [0.2, 0.25) is 0 Å². The SMILES string of the molecule is CC(C)(CNC(=O)c1cn[nH]n1)c1ccccc1. The highest BCUT2D eigenvalue weighted by Gasteiger charge is 2.21. The van der Waals surface area contributed by atoms with E-state index < -0.39 is 0 Å². The number of benzene rings is 1. The van der Waals surface area contributed by atoms with E-state index in [1.54, 1.807) is 0 Å². The van der Waals surface area contributed by atoms with Gasteiger partial charge in [-0.3, -0.25) is 4.79 Å². The Labute approximate surface area is 106 Å². The predicted octanol–water partition coefficient (Wildman–Crippen LogP) is 1.51. The fourth-order valence-corrected chi connectivity index (χ4v) is 1.69. The summed E-state index contributed by atoms with van der Waals surface area (Å²) in [6.07, 6.45) is 1.41.